The molecule has 29 heavy (non-hydrogen) atoms. The molecule has 2 amide bonds. The number of benzene rings is 1. The highest BCUT2D eigenvalue weighted by Crippen LogP contribution is 2.30. The van der Waals surface area contributed by atoms with E-state index in [-0.39, 0.29) is 43.2 Å². The third-order valence-corrected chi connectivity index (χ3v) is 4.85. The standard InChI is InChI=1S/C19H24N6O4/c1-11(2)15-10-23-17(19(28)29)14(15)9-16(26)21-7-8-22-18(27)12-3-5-13(6-4-12)24-25-20/h3-6,14-15,17,23H,1,7-10H2,2H3,(H,21,26)(H,22,27)(H,28,29)/t14-,15+,17-/m0/s1. The van der Waals surface area contributed by atoms with Gasteiger partial charge in [-0.05, 0) is 30.5 Å². The van der Waals surface area contributed by atoms with E-state index in [1.807, 2.05) is 6.92 Å². The molecule has 0 aromatic heterocycles. The highest BCUT2D eigenvalue weighted by molar-refractivity contribution is 5.94. The lowest BCUT2D eigenvalue weighted by atomic mass is 9.83. The Morgan fingerprint density at radius 2 is 1.93 bits per heavy atom. The second-order valence-electron chi connectivity index (χ2n) is 6.89. The SMILES string of the molecule is C=C(C)[C@H]1CN[C@H](C(=O)O)[C@H]1CC(=O)NCCNC(=O)c1ccc(N=[N+]=[N-])cc1. The molecule has 1 heterocycles. The molecule has 1 saturated heterocycles. The lowest BCUT2D eigenvalue weighted by molar-refractivity contribution is -0.140. The zero-order valence-corrected chi connectivity index (χ0v) is 16.1. The molecule has 2 rings (SSSR count). The fraction of sp³-hybridized carbons (Fsp3) is 0.421. The van der Waals surface area contributed by atoms with E-state index < -0.39 is 12.0 Å². The summed E-state index contributed by atoms with van der Waals surface area (Å²) in [4.78, 5) is 38.4. The molecular formula is C19H24N6O4. The molecule has 0 radical (unpaired) electrons. The molecule has 10 heteroatoms. The maximum absolute atomic E-state index is 12.2. The first kappa shape index (κ1) is 21.9. The molecule has 0 bridgehead atoms. The van der Waals surface area contributed by atoms with E-state index in [1.165, 1.54) is 24.3 Å². The Hall–Kier alpha value is -3.36. The van der Waals surface area contributed by atoms with Gasteiger partial charge in [-0.1, -0.05) is 29.4 Å². The second kappa shape index (κ2) is 10.3. The molecule has 10 nitrogen and oxygen atoms in total. The van der Waals surface area contributed by atoms with Crippen LogP contribution in [0.2, 0.25) is 0 Å². The molecule has 1 aromatic rings. The van der Waals surface area contributed by atoms with Gasteiger partial charge in [-0.15, -0.1) is 0 Å². The zero-order valence-electron chi connectivity index (χ0n) is 16.1. The molecule has 0 saturated carbocycles. The van der Waals surface area contributed by atoms with Crippen molar-refractivity contribution in [3.05, 3.63) is 52.4 Å². The Balaban J connectivity index is 1.78. The van der Waals surface area contributed by atoms with Crippen molar-refractivity contribution >= 4 is 23.5 Å². The molecule has 0 unspecified atom stereocenters. The molecule has 1 fully saturated rings. The summed E-state index contributed by atoms with van der Waals surface area (Å²) in [6, 6.07) is 5.35. The van der Waals surface area contributed by atoms with Crippen LogP contribution in [0.4, 0.5) is 5.69 Å². The van der Waals surface area contributed by atoms with E-state index in [1.54, 1.807) is 0 Å². The second-order valence-corrected chi connectivity index (χ2v) is 6.89. The van der Waals surface area contributed by atoms with E-state index in [4.69, 9.17) is 5.53 Å². The van der Waals surface area contributed by atoms with Crippen LogP contribution in [-0.4, -0.2) is 48.6 Å². The maximum atomic E-state index is 12.2. The van der Waals surface area contributed by atoms with E-state index in [9.17, 15) is 19.5 Å². The molecular weight excluding hydrogens is 376 g/mol. The molecule has 4 N–H and O–H groups in total. The minimum Gasteiger partial charge on any atom is -0.480 e. The summed E-state index contributed by atoms with van der Waals surface area (Å²) >= 11 is 0. The summed E-state index contributed by atoms with van der Waals surface area (Å²) in [5.74, 6) is -2.02. The minimum atomic E-state index is -0.981. The smallest absolute Gasteiger partial charge is 0.321 e. The topological polar surface area (TPSA) is 156 Å². The first-order valence-electron chi connectivity index (χ1n) is 9.15. The number of nitrogens with one attached hydrogen (secondary N) is 3. The molecule has 1 aliphatic heterocycles. The first-order valence-corrected chi connectivity index (χ1v) is 9.15. The number of azide groups is 1. The monoisotopic (exact) mass is 400 g/mol. The molecule has 0 spiro atoms. The number of carbonyl (C=O) groups excluding carboxylic acids is 2. The van der Waals surface area contributed by atoms with Gasteiger partial charge in [-0.3, -0.25) is 14.4 Å². The lowest BCUT2D eigenvalue weighted by Gasteiger charge is -2.21. The third-order valence-electron chi connectivity index (χ3n) is 4.85. The lowest BCUT2D eigenvalue weighted by Crippen LogP contribution is -2.40. The van der Waals surface area contributed by atoms with Crippen molar-refractivity contribution < 1.29 is 19.5 Å². The van der Waals surface area contributed by atoms with Crippen LogP contribution in [0, 0.1) is 11.8 Å². The number of amides is 2. The highest BCUT2D eigenvalue weighted by Gasteiger charge is 2.41. The van der Waals surface area contributed by atoms with E-state index >= 15 is 0 Å². The summed E-state index contributed by atoms with van der Waals surface area (Å²) in [6.07, 6.45) is 0.0658. The van der Waals surface area contributed by atoms with Crippen molar-refractivity contribution in [2.24, 2.45) is 17.0 Å². The molecule has 154 valence electrons. The largest absolute Gasteiger partial charge is 0.480 e. The van der Waals surface area contributed by atoms with Crippen molar-refractivity contribution in [2.45, 2.75) is 19.4 Å². The molecule has 1 aromatic carbocycles. The Morgan fingerprint density at radius 3 is 2.52 bits per heavy atom. The summed E-state index contributed by atoms with van der Waals surface area (Å²) in [6.45, 7) is 6.65. The Bertz CT molecular complexity index is 810. The number of rotatable bonds is 9. The maximum Gasteiger partial charge on any atom is 0.321 e. The Kier molecular flexibility index (Phi) is 7.76. The van der Waals surface area contributed by atoms with Gasteiger partial charge < -0.3 is 21.1 Å². The van der Waals surface area contributed by atoms with Gasteiger partial charge in [0.15, 0.2) is 0 Å². The third kappa shape index (κ3) is 6.06. The van der Waals surface area contributed by atoms with Crippen molar-refractivity contribution in [1.82, 2.24) is 16.0 Å². The van der Waals surface area contributed by atoms with Crippen molar-refractivity contribution in [3.8, 4) is 0 Å². The van der Waals surface area contributed by atoms with Gasteiger partial charge in [0.1, 0.15) is 6.04 Å². The van der Waals surface area contributed by atoms with Crippen LogP contribution in [0.5, 0.6) is 0 Å². The van der Waals surface area contributed by atoms with Crippen LogP contribution in [0.25, 0.3) is 10.4 Å². The van der Waals surface area contributed by atoms with E-state index in [2.05, 4.69) is 32.6 Å². The number of hydrogen-bond acceptors (Lipinski definition) is 5. The predicted molar refractivity (Wildman–Crippen MR) is 106 cm³/mol. The van der Waals surface area contributed by atoms with Gasteiger partial charge >= 0.3 is 5.97 Å². The van der Waals surface area contributed by atoms with Crippen molar-refractivity contribution in [3.63, 3.8) is 0 Å². The minimum absolute atomic E-state index is 0.0658. The first-order chi connectivity index (χ1) is 13.8. The average Bonchev–Trinajstić information content (AvgIpc) is 3.10. The molecule has 1 aliphatic rings. The quantitative estimate of drug-likeness (QED) is 0.163. The van der Waals surface area contributed by atoms with Gasteiger partial charge in [0, 0.05) is 48.1 Å². The van der Waals surface area contributed by atoms with Gasteiger partial charge in [-0.25, -0.2) is 0 Å². The molecule has 3 atom stereocenters. The number of aliphatic carboxylic acids is 1. The zero-order chi connectivity index (χ0) is 21.4. The number of carbonyl (C=O) groups is 3. The molecule has 0 aliphatic carbocycles. The Labute approximate surface area is 168 Å². The number of nitrogens with zero attached hydrogens (tertiary/aromatic N) is 3. The average molecular weight is 400 g/mol. The summed E-state index contributed by atoms with van der Waals surface area (Å²) in [7, 11) is 0. The number of carboxylic acids is 1. The van der Waals surface area contributed by atoms with Crippen LogP contribution in [0.15, 0.2) is 41.5 Å². The predicted octanol–water partition coefficient (Wildman–Crippen LogP) is 1.73. The normalized spacial score (nSPS) is 20.4. The van der Waals surface area contributed by atoms with Gasteiger partial charge in [-0.2, -0.15) is 0 Å². The van der Waals surface area contributed by atoms with Crippen LogP contribution in [0.3, 0.4) is 0 Å². The highest BCUT2D eigenvalue weighted by atomic mass is 16.4. The van der Waals surface area contributed by atoms with E-state index in [0.717, 1.165) is 5.57 Å². The van der Waals surface area contributed by atoms with Crippen molar-refractivity contribution in [2.75, 3.05) is 19.6 Å². The Morgan fingerprint density at radius 1 is 1.28 bits per heavy atom. The summed E-state index contributed by atoms with van der Waals surface area (Å²) in [5.41, 5.74) is 10.0. The van der Waals surface area contributed by atoms with Crippen LogP contribution < -0.4 is 16.0 Å². The summed E-state index contributed by atoms with van der Waals surface area (Å²) in [5, 5.41) is 21.1. The van der Waals surface area contributed by atoms with Gasteiger partial charge in [0.25, 0.3) is 5.91 Å². The fourth-order valence-electron chi connectivity index (χ4n) is 3.36. The number of hydrogen-bond donors (Lipinski definition) is 4. The summed E-state index contributed by atoms with van der Waals surface area (Å²) < 4.78 is 0. The van der Waals surface area contributed by atoms with Crippen LogP contribution in [0.1, 0.15) is 23.7 Å². The van der Waals surface area contributed by atoms with Gasteiger partial charge in [0.05, 0.1) is 0 Å². The van der Waals surface area contributed by atoms with Crippen LogP contribution in [-0.2, 0) is 9.59 Å². The fourth-order valence-corrected chi connectivity index (χ4v) is 3.36. The van der Waals surface area contributed by atoms with Crippen molar-refractivity contribution in [1.29, 1.82) is 0 Å². The van der Waals surface area contributed by atoms with Gasteiger partial charge in [0.2, 0.25) is 5.91 Å². The van der Waals surface area contributed by atoms with E-state index in [0.29, 0.717) is 17.8 Å². The van der Waals surface area contributed by atoms with Crippen LogP contribution >= 0.6 is 0 Å². The number of carboxylic acid groups (broad SMARTS) is 1.